The van der Waals surface area contributed by atoms with E-state index in [9.17, 15) is 4.79 Å². The molecule has 0 amide bonds. The van der Waals surface area contributed by atoms with Crippen LogP contribution in [0.4, 0.5) is 0 Å². The van der Waals surface area contributed by atoms with Crippen LogP contribution in [0.1, 0.15) is 40.6 Å². The molecule has 0 radical (unpaired) electrons. The number of carbonyl (C=O) groups is 1. The summed E-state index contributed by atoms with van der Waals surface area (Å²) in [6.07, 6.45) is 0. The standard InChI is InChI=1S/C15H15ClO2S/c1-9(2)11-8-13(10(3)7-12(11)16)18-15(17)14-5-4-6-19-14/h4-9H,1-3H3. The van der Waals surface area contributed by atoms with Crippen molar-refractivity contribution in [3.05, 3.63) is 50.7 Å². The average Bonchev–Trinajstić information content (AvgIpc) is 2.85. The second-order valence-corrected chi connectivity index (χ2v) is 6.02. The van der Waals surface area contributed by atoms with Crippen LogP contribution in [0.2, 0.25) is 5.02 Å². The van der Waals surface area contributed by atoms with Gasteiger partial charge in [-0.05, 0) is 47.5 Å². The summed E-state index contributed by atoms with van der Waals surface area (Å²) in [4.78, 5) is 12.5. The minimum absolute atomic E-state index is 0.285. The fraction of sp³-hybridized carbons (Fsp3) is 0.267. The first-order valence-electron chi connectivity index (χ1n) is 6.04. The van der Waals surface area contributed by atoms with Crippen molar-refractivity contribution in [2.75, 3.05) is 0 Å². The van der Waals surface area contributed by atoms with Gasteiger partial charge in [-0.1, -0.05) is 31.5 Å². The number of hydrogen-bond acceptors (Lipinski definition) is 3. The Morgan fingerprint density at radius 3 is 2.68 bits per heavy atom. The molecule has 0 aliphatic rings. The molecule has 0 atom stereocenters. The maximum atomic E-state index is 11.9. The molecule has 0 unspecified atom stereocenters. The predicted octanol–water partition coefficient (Wildman–Crippen LogP) is 5.05. The molecule has 2 nitrogen and oxygen atoms in total. The Bertz CT molecular complexity index is 588. The van der Waals surface area contributed by atoms with Gasteiger partial charge in [0.15, 0.2) is 0 Å². The van der Waals surface area contributed by atoms with Crippen LogP contribution in [0, 0.1) is 6.92 Å². The lowest BCUT2D eigenvalue weighted by molar-refractivity contribution is 0.0738. The summed E-state index contributed by atoms with van der Waals surface area (Å²) in [6, 6.07) is 7.28. The summed E-state index contributed by atoms with van der Waals surface area (Å²) < 4.78 is 5.45. The molecule has 0 fully saturated rings. The number of aryl methyl sites for hydroxylation is 1. The van der Waals surface area contributed by atoms with Gasteiger partial charge in [-0.25, -0.2) is 4.79 Å². The Morgan fingerprint density at radius 2 is 2.11 bits per heavy atom. The van der Waals surface area contributed by atoms with Crippen LogP contribution in [0.5, 0.6) is 5.75 Å². The SMILES string of the molecule is Cc1cc(Cl)c(C(C)C)cc1OC(=O)c1cccs1. The summed E-state index contributed by atoms with van der Waals surface area (Å²) in [5.41, 5.74) is 1.85. The largest absolute Gasteiger partial charge is 0.422 e. The smallest absolute Gasteiger partial charge is 0.353 e. The zero-order valence-corrected chi connectivity index (χ0v) is 12.6. The zero-order valence-electron chi connectivity index (χ0n) is 11.1. The third kappa shape index (κ3) is 3.17. The molecule has 2 aromatic rings. The van der Waals surface area contributed by atoms with E-state index in [0.29, 0.717) is 15.6 Å². The van der Waals surface area contributed by atoms with Crippen molar-refractivity contribution < 1.29 is 9.53 Å². The number of ether oxygens (including phenoxy) is 1. The summed E-state index contributed by atoms with van der Waals surface area (Å²) in [6.45, 7) is 6.00. The fourth-order valence-electron chi connectivity index (χ4n) is 1.77. The molecule has 0 aliphatic heterocycles. The van der Waals surface area contributed by atoms with Crippen molar-refractivity contribution in [2.24, 2.45) is 0 Å². The van der Waals surface area contributed by atoms with Crippen molar-refractivity contribution in [3.63, 3.8) is 0 Å². The van der Waals surface area contributed by atoms with Crippen LogP contribution >= 0.6 is 22.9 Å². The normalized spacial score (nSPS) is 10.8. The molecule has 19 heavy (non-hydrogen) atoms. The van der Waals surface area contributed by atoms with Gasteiger partial charge in [0.1, 0.15) is 10.6 Å². The molecule has 100 valence electrons. The van der Waals surface area contributed by atoms with Crippen molar-refractivity contribution in [2.45, 2.75) is 26.7 Å². The van der Waals surface area contributed by atoms with E-state index in [2.05, 4.69) is 13.8 Å². The van der Waals surface area contributed by atoms with Gasteiger partial charge in [-0.2, -0.15) is 0 Å². The van der Waals surface area contributed by atoms with Crippen molar-refractivity contribution >= 4 is 28.9 Å². The first-order chi connectivity index (χ1) is 8.99. The lowest BCUT2D eigenvalue weighted by atomic mass is 10.0. The number of thiophene rings is 1. The Morgan fingerprint density at radius 1 is 1.37 bits per heavy atom. The molecule has 1 aromatic carbocycles. The van der Waals surface area contributed by atoms with Gasteiger partial charge < -0.3 is 4.74 Å². The Labute approximate surface area is 122 Å². The molecule has 2 rings (SSSR count). The van der Waals surface area contributed by atoms with Gasteiger partial charge in [-0.3, -0.25) is 0 Å². The van der Waals surface area contributed by atoms with Gasteiger partial charge >= 0.3 is 5.97 Å². The quantitative estimate of drug-likeness (QED) is 0.585. The fourth-order valence-corrected chi connectivity index (χ4v) is 2.80. The molecule has 0 N–H and O–H groups in total. The molecule has 0 saturated carbocycles. The number of benzene rings is 1. The van der Waals surface area contributed by atoms with E-state index in [1.807, 2.05) is 30.5 Å². The van der Waals surface area contributed by atoms with Gasteiger partial charge in [0, 0.05) is 5.02 Å². The number of rotatable bonds is 3. The minimum atomic E-state index is -0.324. The highest BCUT2D eigenvalue weighted by atomic mass is 35.5. The second-order valence-electron chi connectivity index (χ2n) is 4.66. The van der Waals surface area contributed by atoms with Crippen LogP contribution < -0.4 is 4.74 Å². The third-order valence-electron chi connectivity index (χ3n) is 2.84. The molecular weight excluding hydrogens is 280 g/mol. The van der Waals surface area contributed by atoms with Gasteiger partial charge in [0.25, 0.3) is 0 Å². The molecular formula is C15H15ClO2S. The molecule has 1 aromatic heterocycles. The summed E-state index contributed by atoms with van der Waals surface area (Å²) in [7, 11) is 0. The molecule has 0 aliphatic carbocycles. The van der Waals surface area contributed by atoms with E-state index in [0.717, 1.165) is 11.1 Å². The molecule has 0 saturated heterocycles. The van der Waals surface area contributed by atoms with E-state index in [-0.39, 0.29) is 11.9 Å². The van der Waals surface area contributed by atoms with Crippen LogP contribution in [-0.2, 0) is 0 Å². The highest BCUT2D eigenvalue weighted by Crippen LogP contribution is 2.32. The summed E-state index contributed by atoms with van der Waals surface area (Å²) in [5.74, 6) is 0.536. The third-order valence-corrected chi connectivity index (χ3v) is 4.02. The average molecular weight is 295 g/mol. The van der Waals surface area contributed by atoms with Gasteiger partial charge in [-0.15, -0.1) is 11.3 Å². The van der Waals surface area contributed by atoms with Crippen molar-refractivity contribution in [1.29, 1.82) is 0 Å². The van der Waals surface area contributed by atoms with Crippen LogP contribution in [0.3, 0.4) is 0 Å². The van der Waals surface area contributed by atoms with E-state index in [4.69, 9.17) is 16.3 Å². The monoisotopic (exact) mass is 294 g/mol. The van der Waals surface area contributed by atoms with Crippen LogP contribution in [0.25, 0.3) is 0 Å². The summed E-state index contributed by atoms with van der Waals surface area (Å²) >= 11 is 7.56. The van der Waals surface area contributed by atoms with Crippen LogP contribution in [-0.4, -0.2) is 5.97 Å². The topological polar surface area (TPSA) is 26.3 Å². The number of carbonyl (C=O) groups excluding carboxylic acids is 1. The lowest BCUT2D eigenvalue weighted by Gasteiger charge is -2.13. The van der Waals surface area contributed by atoms with Gasteiger partial charge in [0.2, 0.25) is 0 Å². The Balaban J connectivity index is 2.30. The van der Waals surface area contributed by atoms with Crippen LogP contribution in [0.15, 0.2) is 29.6 Å². The second kappa shape index (κ2) is 5.76. The minimum Gasteiger partial charge on any atom is -0.422 e. The highest BCUT2D eigenvalue weighted by Gasteiger charge is 2.14. The Kier molecular flexibility index (Phi) is 4.27. The predicted molar refractivity (Wildman–Crippen MR) is 79.6 cm³/mol. The number of hydrogen-bond donors (Lipinski definition) is 0. The van der Waals surface area contributed by atoms with E-state index >= 15 is 0 Å². The number of esters is 1. The first kappa shape index (κ1) is 14.1. The summed E-state index contributed by atoms with van der Waals surface area (Å²) in [5, 5.41) is 2.56. The number of halogens is 1. The van der Waals surface area contributed by atoms with Gasteiger partial charge in [0.05, 0.1) is 0 Å². The van der Waals surface area contributed by atoms with E-state index in [1.54, 1.807) is 6.07 Å². The zero-order chi connectivity index (χ0) is 14.0. The molecule has 1 heterocycles. The van der Waals surface area contributed by atoms with E-state index < -0.39 is 0 Å². The van der Waals surface area contributed by atoms with Crippen molar-refractivity contribution in [3.8, 4) is 5.75 Å². The molecule has 0 spiro atoms. The van der Waals surface area contributed by atoms with Crippen molar-refractivity contribution in [1.82, 2.24) is 0 Å². The highest BCUT2D eigenvalue weighted by molar-refractivity contribution is 7.12. The first-order valence-corrected chi connectivity index (χ1v) is 7.30. The maximum Gasteiger partial charge on any atom is 0.353 e. The Hall–Kier alpha value is -1.32. The molecule has 4 heteroatoms. The van der Waals surface area contributed by atoms with E-state index in [1.165, 1.54) is 11.3 Å². The lowest BCUT2D eigenvalue weighted by Crippen LogP contribution is -2.08. The maximum absolute atomic E-state index is 11.9. The molecule has 0 bridgehead atoms.